The zero-order valence-electron chi connectivity index (χ0n) is 59.3. The Hall–Kier alpha value is -7.27. The number of guanidine groups is 1. The number of aliphatic imine (C=N–C) groups is 1. The van der Waals surface area contributed by atoms with E-state index in [9.17, 15) is 76.5 Å². The lowest BCUT2D eigenvalue weighted by molar-refractivity contribution is -0.143. The molecule has 0 saturated heterocycles. The number of carbonyl (C=O) groups is 11. The van der Waals surface area contributed by atoms with E-state index in [4.69, 9.17) is 40.7 Å². The first-order valence-electron chi connectivity index (χ1n) is 35.4. The number of ether oxygens (including phenoxy) is 4. The number of nitrogens with two attached hydrogens (primary N) is 3. The molecule has 5 atom stereocenters. The predicted octanol–water partition coefficient (Wildman–Crippen LogP) is 2.32. The van der Waals surface area contributed by atoms with E-state index in [0.29, 0.717) is 69.9 Å². The quantitative estimate of drug-likeness (QED) is 0.0193. The Morgan fingerprint density at radius 1 is 0.485 bits per heavy atom. The molecule has 17 N–H and O–H groups in total. The van der Waals surface area contributed by atoms with Crippen LogP contribution in [-0.4, -0.2) is 221 Å². The van der Waals surface area contributed by atoms with Gasteiger partial charge in [-0.15, -0.1) is 0 Å². The van der Waals surface area contributed by atoms with Crippen molar-refractivity contribution in [1.29, 1.82) is 0 Å². The minimum atomic E-state index is -3.88. The molecule has 101 heavy (non-hydrogen) atoms. The van der Waals surface area contributed by atoms with E-state index in [0.717, 1.165) is 70.6 Å². The molecule has 0 aliphatic heterocycles. The van der Waals surface area contributed by atoms with Gasteiger partial charge < -0.3 is 88.7 Å². The third-order valence-electron chi connectivity index (χ3n) is 15.8. The highest BCUT2D eigenvalue weighted by atomic mass is 32.2. The molecule has 0 saturated carbocycles. The Bertz CT molecular complexity index is 2740. The predicted molar refractivity (Wildman–Crippen MR) is 377 cm³/mol. The molecular weight excluding hydrogens is 1340 g/mol. The van der Waals surface area contributed by atoms with E-state index in [-0.39, 0.29) is 177 Å². The van der Waals surface area contributed by atoms with Gasteiger partial charge in [-0.3, -0.25) is 52.7 Å². The summed E-state index contributed by atoms with van der Waals surface area (Å²) < 4.78 is 52.0. The van der Waals surface area contributed by atoms with E-state index < -0.39 is 81.8 Å². The molecule has 0 bridgehead atoms. The normalized spacial score (nSPS) is 12.9. The molecule has 1 aromatic rings. The summed E-state index contributed by atoms with van der Waals surface area (Å²) in [5.41, 5.74) is 17.2. The molecule has 0 heterocycles. The van der Waals surface area contributed by atoms with Gasteiger partial charge in [0, 0.05) is 77.2 Å². The van der Waals surface area contributed by atoms with Crippen molar-refractivity contribution in [3.8, 4) is 5.75 Å². The average Bonchev–Trinajstić information content (AvgIpc) is 0.913. The van der Waals surface area contributed by atoms with Crippen LogP contribution in [0.25, 0.3) is 0 Å². The van der Waals surface area contributed by atoms with Gasteiger partial charge in [0.05, 0.1) is 57.9 Å². The summed E-state index contributed by atoms with van der Waals surface area (Å²) in [5.74, 6) is -6.59. The Morgan fingerprint density at radius 3 is 1.59 bits per heavy atom. The number of carbonyl (C=O) groups excluding carboxylic acids is 9. The van der Waals surface area contributed by atoms with Gasteiger partial charge in [-0.2, -0.15) is 8.42 Å². The lowest BCUT2D eigenvalue weighted by Gasteiger charge is -2.23. The zero-order chi connectivity index (χ0) is 75.1. The maximum Gasteiger partial charge on any atom is 0.326 e. The molecule has 0 spiro atoms. The first-order chi connectivity index (χ1) is 48.1. The lowest BCUT2D eigenvalue weighted by atomic mass is 10.0. The first-order valence-corrected chi connectivity index (χ1v) is 37.0. The van der Waals surface area contributed by atoms with Gasteiger partial charge in [0.1, 0.15) is 42.9 Å². The monoisotopic (exact) mass is 1460 g/mol. The van der Waals surface area contributed by atoms with Crippen molar-refractivity contribution in [2.45, 2.75) is 224 Å². The molecule has 0 radical (unpaired) electrons. The second-order valence-corrected chi connectivity index (χ2v) is 27.0. The number of primary amides is 1. The number of Topliss-reactive ketones (excluding diaryl/α,β-unsaturated/α-hetero) is 3. The van der Waals surface area contributed by atoms with Crippen LogP contribution >= 0.6 is 0 Å². The molecule has 33 heteroatoms. The minimum absolute atomic E-state index is 0.0185. The van der Waals surface area contributed by atoms with Crippen LogP contribution in [0.1, 0.15) is 193 Å². The van der Waals surface area contributed by atoms with Gasteiger partial charge in [0.15, 0.2) is 17.5 Å². The standard InChI is InChI=1S/C68H117N11O21S/c1-49(2)42-54(82)45-76-55(59(83)46-75-51(20-18-33-74-68(70)71)44-63(87)79-58(65(69)89)43-50-24-26-52(80)27-25-50)22-15-16-32-72-64(88)48-100-40-37-97-35-19-21-53(81)47-99-39-38-98-36-34-73-60(84)30-28-56(66(90)91)78-62(86)31-29-57(67(92)93)77-61(85)23-14-12-10-8-6-4-3-5-7-9-11-13-17-41-101(94,95)96/h24-27,49,51,55-58,75-76,80H,3-23,28-48H2,1-2H3,(H2,69,89)(H,72,88)(H,73,84)(H,77,85)(H,78,86)(H,79,87)(H,90,91)(H,92,93)(H4,70,71,74)(H,94,95,96)/t51-,55-,56-,57-,58-/m0/s1. The Morgan fingerprint density at radius 2 is 1.02 bits per heavy atom. The second kappa shape index (κ2) is 57.3. The van der Waals surface area contributed by atoms with Crippen LogP contribution in [0.4, 0.5) is 0 Å². The summed E-state index contributed by atoms with van der Waals surface area (Å²) in [4.78, 5) is 142. The number of carboxylic acid groups (broad SMARTS) is 2. The van der Waals surface area contributed by atoms with Crippen LogP contribution in [0, 0.1) is 5.92 Å². The van der Waals surface area contributed by atoms with E-state index in [1.54, 1.807) is 12.1 Å². The smallest absolute Gasteiger partial charge is 0.326 e. The highest BCUT2D eigenvalue weighted by Crippen LogP contribution is 2.16. The summed E-state index contributed by atoms with van der Waals surface area (Å²) in [6.07, 6.45) is 14.2. The number of ketones is 3. The summed E-state index contributed by atoms with van der Waals surface area (Å²) in [6, 6.07) is 1.08. The van der Waals surface area contributed by atoms with Gasteiger partial charge in [-0.05, 0) is 87.8 Å². The van der Waals surface area contributed by atoms with Crippen molar-refractivity contribution < 1.29 is 100.0 Å². The fraction of sp³-hybridized carbons (Fsp3) is 0.735. The maximum atomic E-state index is 13.7. The van der Waals surface area contributed by atoms with Gasteiger partial charge in [-0.25, -0.2) is 9.59 Å². The van der Waals surface area contributed by atoms with Crippen molar-refractivity contribution in [2.75, 3.05) is 91.3 Å². The van der Waals surface area contributed by atoms with Crippen molar-refractivity contribution in [3.63, 3.8) is 0 Å². The number of hydrogen-bond acceptors (Lipinski definition) is 21. The minimum Gasteiger partial charge on any atom is -0.508 e. The number of carboxylic acids is 2. The average molecular weight is 1460 g/mol. The summed E-state index contributed by atoms with van der Waals surface area (Å²) in [7, 11) is -3.88. The van der Waals surface area contributed by atoms with Crippen LogP contribution < -0.4 is 54.4 Å². The molecule has 32 nitrogen and oxygen atoms in total. The first kappa shape index (κ1) is 91.7. The van der Waals surface area contributed by atoms with E-state index in [1.165, 1.54) is 12.1 Å². The molecule has 0 unspecified atom stereocenters. The largest absolute Gasteiger partial charge is 0.508 e. The highest BCUT2D eigenvalue weighted by molar-refractivity contribution is 7.85. The van der Waals surface area contributed by atoms with Crippen molar-refractivity contribution in [1.82, 2.24) is 37.2 Å². The zero-order valence-corrected chi connectivity index (χ0v) is 60.1. The van der Waals surface area contributed by atoms with Crippen molar-refractivity contribution in [2.24, 2.45) is 28.1 Å². The lowest BCUT2D eigenvalue weighted by Crippen LogP contribution is -2.49. The third kappa shape index (κ3) is 54.2. The highest BCUT2D eigenvalue weighted by Gasteiger charge is 2.27. The van der Waals surface area contributed by atoms with E-state index in [1.807, 2.05) is 13.8 Å². The maximum absolute atomic E-state index is 13.7. The van der Waals surface area contributed by atoms with Gasteiger partial charge in [-0.1, -0.05) is 96.6 Å². The number of aliphatic carboxylic acids is 2. The molecule has 0 aromatic heterocycles. The molecule has 0 aliphatic carbocycles. The van der Waals surface area contributed by atoms with E-state index in [2.05, 4.69) is 42.2 Å². The van der Waals surface area contributed by atoms with Crippen molar-refractivity contribution in [3.05, 3.63) is 29.8 Å². The van der Waals surface area contributed by atoms with Crippen LogP contribution in [0.15, 0.2) is 29.3 Å². The molecule has 0 fully saturated rings. The Balaban J connectivity index is 2.27. The molecule has 1 aromatic carbocycles. The SMILES string of the molecule is CC(C)CC(=O)CN[C@@H](CCCCNC(=O)COCCOCCCC(=O)COCCOCCNC(=O)CC[C@H](NC(=O)CC[C@H](NC(=O)CCCCCCCCCCCCCCCS(=O)(=O)O)C(=O)O)C(=O)O)C(=O)CN[C@@H](CCCN=C(N)N)CC(=O)N[C@@H](Cc1ccc(O)cc1)C(N)=O. The van der Waals surface area contributed by atoms with E-state index >= 15 is 0 Å². The number of phenolic OH excluding ortho intramolecular Hbond substituents is 1. The number of hydrogen-bond donors (Lipinski definition) is 14. The number of unbranched alkanes of at least 4 members (excludes halogenated alkanes) is 13. The number of amides is 6. The van der Waals surface area contributed by atoms with Crippen LogP contribution in [0.2, 0.25) is 0 Å². The van der Waals surface area contributed by atoms with Gasteiger partial charge in [0.25, 0.3) is 10.1 Å². The second-order valence-electron chi connectivity index (χ2n) is 25.5. The summed E-state index contributed by atoms with van der Waals surface area (Å²) in [5, 5.41) is 48.0. The number of phenols is 1. The van der Waals surface area contributed by atoms with Gasteiger partial charge in [0.2, 0.25) is 35.4 Å². The topological polar surface area (TPSA) is 514 Å². The van der Waals surface area contributed by atoms with Crippen LogP contribution in [-0.2, 0) is 88.2 Å². The number of nitrogens with one attached hydrogen (secondary N) is 7. The Labute approximate surface area is 594 Å². The molecule has 6 amide bonds. The van der Waals surface area contributed by atoms with Crippen LogP contribution in [0.3, 0.4) is 0 Å². The molecule has 576 valence electrons. The summed E-state index contributed by atoms with van der Waals surface area (Å²) >= 11 is 0. The third-order valence-corrected chi connectivity index (χ3v) is 16.6. The van der Waals surface area contributed by atoms with Crippen LogP contribution in [0.5, 0.6) is 5.75 Å². The molecule has 0 aliphatic rings. The Kier molecular flexibility index (Phi) is 52.0. The number of aromatic hydroxyl groups is 1. The van der Waals surface area contributed by atoms with Crippen molar-refractivity contribution >= 4 is 80.8 Å². The fourth-order valence-corrected chi connectivity index (χ4v) is 10.9. The van der Waals surface area contributed by atoms with Gasteiger partial charge >= 0.3 is 11.9 Å². The summed E-state index contributed by atoms with van der Waals surface area (Å²) in [6.45, 7) is 4.89. The number of nitrogens with zero attached hydrogens (tertiary/aromatic N) is 1. The number of benzene rings is 1. The number of rotatable bonds is 67. The fourth-order valence-electron chi connectivity index (χ4n) is 10.3. The molecular formula is C68H117N11O21S. The molecule has 1 rings (SSSR count).